The average Bonchev–Trinajstić information content (AvgIpc) is 3.22. The van der Waals surface area contributed by atoms with Gasteiger partial charge in [0, 0.05) is 51.3 Å². The van der Waals surface area contributed by atoms with E-state index in [1.807, 2.05) is 47.6 Å². The maximum absolute atomic E-state index is 13.0. The Morgan fingerprint density at radius 1 is 1.14 bits per heavy atom. The van der Waals surface area contributed by atoms with Crippen LogP contribution in [0.25, 0.3) is 0 Å². The molecule has 0 N–H and O–H groups in total. The number of para-hydroxylation sites is 1. The van der Waals surface area contributed by atoms with Crippen molar-refractivity contribution >= 4 is 23.2 Å². The molecule has 7 heteroatoms. The van der Waals surface area contributed by atoms with E-state index in [9.17, 15) is 9.59 Å². The molecular formula is C22H27N5O2. The van der Waals surface area contributed by atoms with E-state index >= 15 is 0 Å². The minimum Gasteiger partial charge on any atom is -0.338 e. The molecule has 0 saturated carbocycles. The Morgan fingerprint density at radius 3 is 2.62 bits per heavy atom. The van der Waals surface area contributed by atoms with E-state index in [4.69, 9.17) is 0 Å². The third-order valence-corrected chi connectivity index (χ3v) is 5.75. The lowest BCUT2D eigenvalue weighted by Gasteiger charge is -2.33. The van der Waals surface area contributed by atoms with Crippen molar-refractivity contribution in [3.05, 3.63) is 48.5 Å². The standard InChI is InChI=1S/C22H27N5O2/c1-2-20-23-12-15-26(20)16-17-10-13-25(14-11-17)22(29)19-8-9-21(28)27(24-19)18-6-4-3-5-7-18/h3-7,12,15,17H,2,8-11,13-14,16H2,1H3. The van der Waals surface area contributed by atoms with Gasteiger partial charge in [0.15, 0.2) is 0 Å². The second-order valence-corrected chi connectivity index (χ2v) is 7.67. The second-order valence-electron chi connectivity index (χ2n) is 7.67. The number of hydrogen-bond acceptors (Lipinski definition) is 4. The first kappa shape index (κ1) is 19.4. The lowest BCUT2D eigenvalue weighted by molar-refractivity contribution is -0.125. The van der Waals surface area contributed by atoms with Gasteiger partial charge in [-0.3, -0.25) is 9.59 Å². The molecule has 1 aromatic carbocycles. The van der Waals surface area contributed by atoms with Gasteiger partial charge >= 0.3 is 0 Å². The molecule has 2 amide bonds. The number of imidazole rings is 1. The molecule has 0 bridgehead atoms. The van der Waals surface area contributed by atoms with Crippen LogP contribution >= 0.6 is 0 Å². The number of aryl methyl sites for hydroxylation is 1. The van der Waals surface area contributed by atoms with E-state index in [2.05, 4.69) is 21.6 Å². The molecule has 3 heterocycles. The molecule has 0 atom stereocenters. The van der Waals surface area contributed by atoms with Gasteiger partial charge in [0.2, 0.25) is 5.91 Å². The lowest BCUT2D eigenvalue weighted by Crippen LogP contribution is -2.45. The average molecular weight is 393 g/mol. The predicted octanol–water partition coefficient (Wildman–Crippen LogP) is 2.87. The van der Waals surface area contributed by atoms with Crippen LogP contribution in [0.15, 0.2) is 47.8 Å². The Hall–Kier alpha value is -2.96. The molecule has 4 rings (SSSR count). The van der Waals surface area contributed by atoms with Crippen LogP contribution in [0.3, 0.4) is 0 Å². The molecule has 1 aromatic heterocycles. The highest BCUT2D eigenvalue weighted by atomic mass is 16.2. The van der Waals surface area contributed by atoms with Crippen LogP contribution in [0.1, 0.15) is 38.4 Å². The topological polar surface area (TPSA) is 70.8 Å². The quantitative estimate of drug-likeness (QED) is 0.784. The molecule has 0 unspecified atom stereocenters. The summed E-state index contributed by atoms with van der Waals surface area (Å²) in [7, 11) is 0. The highest BCUT2D eigenvalue weighted by Gasteiger charge is 2.30. The molecule has 152 valence electrons. The minimum atomic E-state index is -0.0708. The summed E-state index contributed by atoms with van der Waals surface area (Å²) in [6, 6.07) is 9.29. The highest BCUT2D eigenvalue weighted by Crippen LogP contribution is 2.23. The number of anilines is 1. The van der Waals surface area contributed by atoms with Gasteiger partial charge in [0.25, 0.3) is 5.91 Å². The molecule has 2 aliphatic heterocycles. The first-order valence-corrected chi connectivity index (χ1v) is 10.4. The number of benzene rings is 1. The maximum Gasteiger partial charge on any atom is 0.270 e. The minimum absolute atomic E-state index is 0.0336. The SMILES string of the molecule is CCc1nccn1CC1CCN(C(=O)C2=NN(c3ccccc3)C(=O)CC2)CC1. The van der Waals surface area contributed by atoms with Gasteiger partial charge in [-0.05, 0) is 30.9 Å². The number of aromatic nitrogens is 2. The second kappa shape index (κ2) is 8.59. The lowest BCUT2D eigenvalue weighted by atomic mass is 9.96. The van der Waals surface area contributed by atoms with Gasteiger partial charge in [-0.15, -0.1) is 0 Å². The van der Waals surface area contributed by atoms with Crippen molar-refractivity contribution in [2.24, 2.45) is 11.0 Å². The van der Waals surface area contributed by atoms with Crippen LogP contribution in [-0.4, -0.2) is 45.1 Å². The van der Waals surface area contributed by atoms with E-state index in [-0.39, 0.29) is 11.8 Å². The predicted molar refractivity (Wildman–Crippen MR) is 112 cm³/mol. The van der Waals surface area contributed by atoms with Gasteiger partial charge in [0.1, 0.15) is 11.5 Å². The fraction of sp³-hybridized carbons (Fsp3) is 0.455. The molecular weight excluding hydrogens is 366 g/mol. The number of nitrogens with zero attached hydrogens (tertiary/aromatic N) is 5. The van der Waals surface area contributed by atoms with Crippen LogP contribution in [-0.2, 0) is 22.6 Å². The summed E-state index contributed by atoms with van der Waals surface area (Å²) in [6.45, 7) is 4.55. The number of piperidine rings is 1. The summed E-state index contributed by atoms with van der Waals surface area (Å²) in [4.78, 5) is 31.6. The first-order valence-electron chi connectivity index (χ1n) is 10.4. The zero-order valence-electron chi connectivity index (χ0n) is 16.8. The summed E-state index contributed by atoms with van der Waals surface area (Å²) in [5, 5.41) is 5.78. The highest BCUT2D eigenvalue weighted by molar-refractivity contribution is 6.40. The molecule has 29 heavy (non-hydrogen) atoms. The monoisotopic (exact) mass is 393 g/mol. The smallest absolute Gasteiger partial charge is 0.270 e. The number of hydrazone groups is 1. The van der Waals surface area contributed by atoms with Crippen molar-refractivity contribution in [2.75, 3.05) is 18.1 Å². The van der Waals surface area contributed by atoms with Gasteiger partial charge in [0.05, 0.1) is 5.69 Å². The fourth-order valence-electron chi connectivity index (χ4n) is 4.08. The van der Waals surface area contributed by atoms with Crippen molar-refractivity contribution < 1.29 is 9.59 Å². The largest absolute Gasteiger partial charge is 0.338 e. The van der Waals surface area contributed by atoms with Crippen LogP contribution in [0.4, 0.5) is 5.69 Å². The van der Waals surface area contributed by atoms with Gasteiger partial charge in [-0.1, -0.05) is 25.1 Å². The summed E-state index contributed by atoms with van der Waals surface area (Å²) >= 11 is 0. The van der Waals surface area contributed by atoms with Crippen LogP contribution < -0.4 is 5.01 Å². The summed E-state index contributed by atoms with van der Waals surface area (Å²) in [6.07, 6.45) is 7.51. The number of carbonyl (C=O) groups is 2. The molecule has 1 fully saturated rings. The summed E-state index contributed by atoms with van der Waals surface area (Å²) < 4.78 is 2.23. The van der Waals surface area contributed by atoms with Crippen LogP contribution in [0, 0.1) is 5.92 Å². The number of amides is 2. The molecule has 0 aliphatic carbocycles. The van der Waals surface area contributed by atoms with Gasteiger partial charge < -0.3 is 9.47 Å². The van der Waals surface area contributed by atoms with Crippen molar-refractivity contribution in [3.8, 4) is 0 Å². The van der Waals surface area contributed by atoms with E-state index in [1.165, 1.54) is 5.01 Å². The fourth-order valence-corrected chi connectivity index (χ4v) is 4.08. The Balaban J connectivity index is 1.38. The van der Waals surface area contributed by atoms with E-state index in [1.54, 1.807) is 0 Å². The Bertz CT molecular complexity index is 897. The van der Waals surface area contributed by atoms with Crippen LogP contribution in [0.2, 0.25) is 0 Å². The molecule has 2 aromatic rings. The Kier molecular flexibility index (Phi) is 5.74. The number of likely N-dealkylation sites (tertiary alicyclic amines) is 1. The van der Waals surface area contributed by atoms with E-state index in [0.717, 1.165) is 44.7 Å². The zero-order chi connectivity index (χ0) is 20.2. The summed E-state index contributed by atoms with van der Waals surface area (Å²) in [5.41, 5.74) is 1.18. The number of rotatable bonds is 5. The first-order chi connectivity index (χ1) is 14.2. The third kappa shape index (κ3) is 4.23. The van der Waals surface area contributed by atoms with Crippen LogP contribution in [0.5, 0.6) is 0 Å². The number of hydrogen-bond donors (Lipinski definition) is 0. The van der Waals surface area contributed by atoms with Crippen molar-refractivity contribution in [1.82, 2.24) is 14.5 Å². The maximum atomic E-state index is 13.0. The summed E-state index contributed by atoms with van der Waals surface area (Å²) in [5.74, 6) is 1.56. The van der Waals surface area contributed by atoms with Crippen molar-refractivity contribution in [3.63, 3.8) is 0 Å². The van der Waals surface area contributed by atoms with Gasteiger partial charge in [-0.2, -0.15) is 5.10 Å². The molecule has 0 spiro atoms. The third-order valence-electron chi connectivity index (χ3n) is 5.75. The molecule has 7 nitrogen and oxygen atoms in total. The Morgan fingerprint density at radius 2 is 1.90 bits per heavy atom. The molecule has 1 saturated heterocycles. The molecule has 0 radical (unpaired) electrons. The Labute approximate surface area is 171 Å². The normalized spacial score (nSPS) is 18.1. The van der Waals surface area contributed by atoms with Crippen molar-refractivity contribution in [2.45, 2.75) is 45.6 Å². The molecule has 2 aliphatic rings. The van der Waals surface area contributed by atoms with E-state index < -0.39 is 0 Å². The van der Waals surface area contributed by atoms with Crippen molar-refractivity contribution in [1.29, 1.82) is 0 Å². The number of carbonyl (C=O) groups excluding carboxylic acids is 2. The van der Waals surface area contributed by atoms with Gasteiger partial charge in [-0.25, -0.2) is 9.99 Å². The van der Waals surface area contributed by atoms with E-state index in [0.29, 0.717) is 30.2 Å². The zero-order valence-corrected chi connectivity index (χ0v) is 16.8.